The third-order valence-corrected chi connectivity index (χ3v) is 4.30. The fraction of sp³-hybridized carbons (Fsp3) is 0.294. The van der Waals surface area contributed by atoms with Gasteiger partial charge in [-0.1, -0.05) is 36.4 Å². The van der Waals surface area contributed by atoms with Crippen molar-refractivity contribution < 1.29 is 0 Å². The third kappa shape index (κ3) is 2.85. The predicted octanol–water partition coefficient (Wildman–Crippen LogP) is 1.63. The van der Waals surface area contributed by atoms with Crippen LogP contribution >= 0.6 is 0 Å². The largest absolute Gasteiger partial charge is 0.366 e. The number of nitrogens with zero attached hydrogens (tertiary/aromatic N) is 5. The van der Waals surface area contributed by atoms with Gasteiger partial charge in [0.25, 0.3) is 0 Å². The highest BCUT2D eigenvalue weighted by molar-refractivity contribution is 5.52. The lowest BCUT2D eigenvalue weighted by Gasteiger charge is -2.35. The van der Waals surface area contributed by atoms with Crippen LogP contribution in [0.1, 0.15) is 5.56 Å². The van der Waals surface area contributed by atoms with Gasteiger partial charge in [-0.15, -0.1) is 5.10 Å². The number of benzene rings is 1. The average Bonchev–Trinajstić information content (AvgIpc) is 2.97. The van der Waals surface area contributed by atoms with Gasteiger partial charge in [0, 0.05) is 32.7 Å². The van der Waals surface area contributed by atoms with Crippen LogP contribution in [-0.2, 0) is 6.54 Å². The van der Waals surface area contributed by atoms with E-state index in [0.29, 0.717) is 5.95 Å². The Balaban J connectivity index is 1.46. The summed E-state index contributed by atoms with van der Waals surface area (Å²) < 4.78 is 1.84. The van der Waals surface area contributed by atoms with E-state index in [-0.39, 0.29) is 0 Å². The van der Waals surface area contributed by atoms with Crippen molar-refractivity contribution in [1.82, 2.24) is 19.5 Å². The summed E-state index contributed by atoms with van der Waals surface area (Å²) >= 11 is 0. The Hall–Kier alpha value is -2.60. The van der Waals surface area contributed by atoms with E-state index in [1.807, 2.05) is 16.6 Å². The smallest absolute Gasteiger partial charge is 0.240 e. The molecule has 4 rings (SSSR count). The van der Waals surface area contributed by atoms with Gasteiger partial charge in [0.2, 0.25) is 5.95 Å². The molecule has 1 fully saturated rings. The Kier molecular flexibility index (Phi) is 3.59. The highest BCUT2D eigenvalue weighted by Crippen LogP contribution is 2.19. The molecule has 1 aromatic carbocycles. The van der Waals surface area contributed by atoms with Crippen LogP contribution in [0, 0.1) is 0 Å². The number of hydrogen-bond donors (Lipinski definition) is 1. The van der Waals surface area contributed by atoms with Crippen molar-refractivity contribution in [3.8, 4) is 0 Å². The summed E-state index contributed by atoms with van der Waals surface area (Å²) in [6, 6.07) is 16.6. The van der Waals surface area contributed by atoms with Crippen molar-refractivity contribution in [1.29, 1.82) is 0 Å². The predicted molar refractivity (Wildman–Crippen MR) is 91.3 cm³/mol. The van der Waals surface area contributed by atoms with E-state index in [0.717, 1.165) is 44.2 Å². The number of nitrogens with two attached hydrogens (primary N) is 1. The Morgan fingerprint density at radius 1 is 0.913 bits per heavy atom. The maximum Gasteiger partial charge on any atom is 0.240 e. The van der Waals surface area contributed by atoms with Gasteiger partial charge in [0.1, 0.15) is 5.82 Å². The van der Waals surface area contributed by atoms with E-state index < -0.39 is 0 Å². The molecule has 6 nitrogen and oxygen atoms in total. The van der Waals surface area contributed by atoms with E-state index >= 15 is 0 Å². The zero-order chi connectivity index (χ0) is 15.6. The molecule has 0 amide bonds. The maximum atomic E-state index is 5.73. The zero-order valence-corrected chi connectivity index (χ0v) is 13.0. The minimum absolute atomic E-state index is 0.320. The molecule has 2 aromatic heterocycles. The van der Waals surface area contributed by atoms with Gasteiger partial charge in [0.05, 0.1) is 0 Å². The molecule has 0 saturated carbocycles. The lowest BCUT2D eigenvalue weighted by atomic mass is 10.2. The molecule has 1 saturated heterocycles. The van der Waals surface area contributed by atoms with Crippen molar-refractivity contribution >= 4 is 17.4 Å². The Labute approximate surface area is 135 Å². The third-order valence-electron chi connectivity index (χ3n) is 4.30. The molecular weight excluding hydrogens is 288 g/mol. The molecular formula is C17H20N6. The molecule has 0 spiro atoms. The molecule has 1 aliphatic rings. The summed E-state index contributed by atoms with van der Waals surface area (Å²) in [7, 11) is 0. The summed E-state index contributed by atoms with van der Waals surface area (Å²) in [5.41, 5.74) is 7.89. The minimum Gasteiger partial charge on any atom is -0.366 e. The van der Waals surface area contributed by atoms with Gasteiger partial charge < -0.3 is 10.6 Å². The van der Waals surface area contributed by atoms with Crippen LogP contribution in [0.25, 0.3) is 5.65 Å². The number of piperazine rings is 1. The van der Waals surface area contributed by atoms with Crippen molar-refractivity contribution in [3.05, 3.63) is 54.1 Å². The van der Waals surface area contributed by atoms with Crippen molar-refractivity contribution in [2.75, 3.05) is 36.8 Å². The lowest BCUT2D eigenvalue weighted by Crippen LogP contribution is -2.46. The first-order valence-corrected chi connectivity index (χ1v) is 7.92. The van der Waals surface area contributed by atoms with E-state index in [2.05, 4.69) is 56.3 Å². The second kappa shape index (κ2) is 5.89. The van der Waals surface area contributed by atoms with Gasteiger partial charge >= 0.3 is 0 Å². The van der Waals surface area contributed by atoms with Crippen LogP contribution < -0.4 is 10.6 Å². The van der Waals surface area contributed by atoms with Crippen molar-refractivity contribution in [2.24, 2.45) is 0 Å². The van der Waals surface area contributed by atoms with Crippen molar-refractivity contribution in [2.45, 2.75) is 6.54 Å². The average molecular weight is 308 g/mol. The standard InChI is InChI=1S/C17H20N6/c18-17-19-15-7-4-8-16(23(15)20-17)22-11-9-21(10-12-22)13-14-5-2-1-3-6-14/h1-8H,9-13H2,(H2,18,20). The van der Waals surface area contributed by atoms with Crippen LogP contribution in [0.4, 0.5) is 11.8 Å². The summed E-state index contributed by atoms with van der Waals surface area (Å²) in [6.45, 7) is 5.04. The molecule has 2 N–H and O–H groups in total. The zero-order valence-electron chi connectivity index (χ0n) is 13.0. The second-order valence-electron chi connectivity index (χ2n) is 5.87. The number of aromatic nitrogens is 3. The molecule has 3 heterocycles. The minimum atomic E-state index is 0.320. The van der Waals surface area contributed by atoms with Crippen LogP contribution in [0.5, 0.6) is 0 Å². The van der Waals surface area contributed by atoms with Gasteiger partial charge in [0.15, 0.2) is 5.65 Å². The van der Waals surface area contributed by atoms with E-state index in [1.165, 1.54) is 5.56 Å². The first-order valence-electron chi connectivity index (χ1n) is 7.92. The Morgan fingerprint density at radius 3 is 2.48 bits per heavy atom. The number of anilines is 2. The van der Waals surface area contributed by atoms with Crippen LogP contribution in [0.2, 0.25) is 0 Å². The van der Waals surface area contributed by atoms with Crippen LogP contribution in [0.15, 0.2) is 48.5 Å². The number of rotatable bonds is 3. The van der Waals surface area contributed by atoms with Gasteiger partial charge in [-0.2, -0.15) is 9.50 Å². The fourth-order valence-corrected chi connectivity index (χ4v) is 3.12. The maximum absolute atomic E-state index is 5.73. The number of pyridine rings is 1. The lowest BCUT2D eigenvalue weighted by molar-refractivity contribution is 0.249. The normalized spacial score (nSPS) is 16.1. The van der Waals surface area contributed by atoms with E-state index in [4.69, 9.17) is 5.73 Å². The molecule has 0 unspecified atom stereocenters. The molecule has 118 valence electrons. The topological polar surface area (TPSA) is 62.7 Å². The first-order chi connectivity index (χ1) is 11.3. The molecule has 3 aromatic rings. The van der Waals surface area contributed by atoms with Gasteiger partial charge in [-0.3, -0.25) is 4.90 Å². The summed E-state index contributed by atoms with van der Waals surface area (Å²) in [4.78, 5) is 9.07. The van der Waals surface area contributed by atoms with E-state index in [9.17, 15) is 0 Å². The molecule has 0 bridgehead atoms. The van der Waals surface area contributed by atoms with Crippen LogP contribution in [-0.4, -0.2) is 45.7 Å². The second-order valence-corrected chi connectivity index (χ2v) is 5.87. The summed E-state index contributed by atoms with van der Waals surface area (Å²) in [5, 5.41) is 4.30. The summed E-state index contributed by atoms with van der Waals surface area (Å²) in [6.07, 6.45) is 0. The molecule has 0 atom stereocenters. The quantitative estimate of drug-likeness (QED) is 0.797. The molecule has 23 heavy (non-hydrogen) atoms. The van der Waals surface area contributed by atoms with Gasteiger partial charge in [-0.05, 0) is 17.7 Å². The number of fused-ring (bicyclic) bond motifs is 1. The fourth-order valence-electron chi connectivity index (χ4n) is 3.12. The molecule has 0 radical (unpaired) electrons. The first kappa shape index (κ1) is 14.0. The van der Waals surface area contributed by atoms with Crippen molar-refractivity contribution in [3.63, 3.8) is 0 Å². The molecule has 6 heteroatoms. The monoisotopic (exact) mass is 308 g/mol. The van der Waals surface area contributed by atoms with Crippen LogP contribution in [0.3, 0.4) is 0 Å². The molecule has 0 aliphatic carbocycles. The number of hydrogen-bond acceptors (Lipinski definition) is 5. The van der Waals surface area contributed by atoms with Gasteiger partial charge in [-0.25, -0.2) is 0 Å². The Morgan fingerprint density at radius 2 is 1.70 bits per heavy atom. The summed E-state index contributed by atoms with van der Waals surface area (Å²) in [5.74, 6) is 1.38. The van der Waals surface area contributed by atoms with E-state index in [1.54, 1.807) is 0 Å². The SMILES string of the molecule is Nc1nc2cccc(N3CCN(Cc4ccccc4)CC3)n2n1. The highest BCUT2D eigenvalue weighted by atomic mass is 15.4. The molecule has 1 aliphatic heterocycles. The number of nitrogen functional groups attached to an aromatic ring is 1. The highest BCUT2D eigenvalue weighted by Gasteiger charge is 2.19. The Bertz CT molecular complexity index is 789.